The molecule has 0 radical (unpaired) electrons. The van der Waals surface area contributed by atoms with Crippen molar-refractivity contribution in [2.24, 2.45) is 13.0 Å². The summed E-state index contributed by atoms with van der Waals surface area (Å²) in [6.07, 6.45) is 0.701. The molecule has 2 heterocycles. The lowest BCUT2D eigenvalue weighted by atomic mass is 9.85. The second kappa shape index (κ2) is 8.21. The van der Waals surface area contributed by atoms with E-state index in [1.807, 2.05) is 31.2 Å². The van der Waals surface area contributed by atoms with Crippen LogP contribution in [0.3, 0.4) is 0 Å². The molecule has 146 valence electrons. The first-order valence-corrected chi connectivity index (χ1v) is 10.1. The van der Waals surface area contributed by atoms with Crippen LogP contribution in [-0.2, 0) is 11.8 Å². The van der Waals surface area contributed by atoms with Crippen LogP contribution in [-0.4, -0.2) is 57.4 Å². The van der Waals surface area contributed by atoms with Gasteiger partial charge in [-0.05, 0) is 25.7 Å². The monoisotopic (exact) mass is 390 g/mol. The Morgan fingerprint density at radius 1 is 1.35 bits per heavy atom. The maximum absolute atomic E-state index is 12.7. The van der Waals surface area contributed by atoms with Crippen molar-refractivity contribution in [3.63, 3.8) is 0 Å². The van der Waals surface area contributed by atoms with Gasteiger partial charge in [0.1, 0.15) is 0 Å². The Labute approximate surface area is 155 Å². The Hall–Kier alpha value is -1.22. The number of hydrogen-bond donors (Lipinski definition) is 1. The van der Waals surface area contributed by atoms with Crippen molar-refractivity contribution in [2.75, 3.05) is 24.6 Å². The van der Waals surface area contributed by atoms with Crippen molar-refractivity contribution >= 4 is 17.7 Å². The number of thioether (sulfide) groups is 1. The van der Waals surface area contributed by atoms with Gasteiger partial charge in [0.25, 0.3) is 0 Å². The predicted molar refractivity (Wildman–Crippen MR) is 94.8 cm³/mol. The van der Waals surface area contributed by atoms with Crippen molar-refractivity contribution in [1.82, 2.24) is 20.0 Å². The molecule has 1 aromatic heterocycles. The first kappa shape index (κ1) is 19.5. The number of rotatable bonds is 4. The van der Waals surface area contributed by atoms with Gasteiger partial charge >= 0.3 is 6.18 Å². The van der Waals surface area contributed by atoms with E-state index in [9.17, 15) is 18.0 Å². The quantitative estimate of drug-likeness (QED) is 0.859. The van der Waals surface area contributed by atoms with Crippen molar-refractivity contribution in [1.29, 1.82) is 0 Å². The van der Waals surface area contributed by atoms with Gasteiger partial charge in [-0.15, -0.1) is 0 Å². The second-order valence-corrected chi connectivity index (χ2v) is 8.32. The lowest BCUT2D eigenvalue weighted by molar-refractivity contribution is -0.182. The third-order valence-electron chi connectivity index (χ3n) is 5.25. The van der Waals surface area contributed by atoms with E-state index in [0.717, 1.165) is 23.6 Å². The van der Waals surface area contributed by atoms with E-state index in [1.54, 1.807) is 4.68 Å². The second-order valence-electron chi connectivity index (χ2n) is 7.17. The molecule has 0 spiro atoms. The maximum Gasteiger partial charge on any atom is 0.391 e. The van der Waals surface area contributed by atoms with Crippen LogP contribution >= 0.6 is 11.8 Å². The molecule has 9 heteroatoms. The number of carbonyl (C=O) groups excluding carboxylic acids is 1. The molecule has 5 nitrogen and oxygen atoms in total. The molecule has 2 fully saturated rings. The minimum atomic E-state index is -4.11. The van der Waals surface area contributed by atoms with E-state index in [0.29, 0.717) is 12.8 Å². The molecule has 1 amide bonds. The highest BCUT2D eigenvalue weighted by molar-refractivity contribution is 7.99. The van der Waals surface area contributed by atoms with Gasteiger partial charge in [-0.25, -0.2) is 0 Å². The fourth-order valence-corrected chi connectivity index (χ4v) is 4.93. The number of alkyl halides is 3. The third-order valence-corrected chi connectivity index (χ3v) is 6.27. The molecule has 26 heavy (non-hydrogen) atoms. The minimum Gasteiger partial charge on any atom is -0.352 e. The lowest BCUT2D eigenvalue weighted by Gasteiger charge is -2.35. The van der Waals surface area contributed by atoms with E-state index in [4.69, 9.17) is 0 Å². The van der Waals surface area contributed by atoms with Crippen molar-refractivity contribution in [2.45, 2.75) is 43.9 Å². The molecule has 3 rings (SSSR count). The predicted octanol–water partition coefficient (Wildman–Crippen LogP) is 2.75. The van der Waals surface area contributed by atoms with Gasteiger partial charge in [-0.1, -0.05) is 0 Å². The van der Waals surface area contributed by atoms with Gasteiger partial charge in [0, 0.05) is 48.9 Å². The minimum absolute atomic E-state index is 0.0961. The molecular weight excluding hydrogens is 365 g/mol. The zero-order valence-electron chi connectivity index (χ0n) is 14.8. The summed E-state index contributed by atoms with van der Waals surface area (Å²) in [7, 11) is 1.87. The molecule has 1 aliphatic heterocycles. The van der Waals surface area contributed by atoms with E-state index in [1.165, 1.54) is 0 Å². The number of hydrogen-bond acceptors (Lipinski definition) is 4. The molecule has 0 aromatic carbocycles. The summed E-state index contributed by atoms with van der Waals surface area (Å²) in [5.41, 5.74) is 1.10. The number of aryl methyl sites for hydroxylation is 1. The smallest absolute Gasteiger partial charge is 0.352 e. The summed E-state index contributed by atoms with van der Waals surface area (Å²) < 4.78 is 40.0. The Bertz CT molecular complexity index is 613. The van der Waals surface area contributed by atoms with Crippen LogP contribution in [0.2, 0.25) is 0 Å². The molecule has 1 saturated heterocycles. The highest BCUT2D eigenvalue weighted by Crippen LogP contribution is 2.37. The first-order valence-electron chi connectivity index (χ1n) is 8.99. The summed E-state index contributed by atoms with van der Waals surface area (Å²) >= 11 is 1.86. The largest absolute Gasteiger partial charge is 0.391 e. The fraction of sp³-hybridized carbons (Fsp3) is 0.765. The Morgan fingerprint density at radius 3 is 2.69 bits per heavy atom. The summed E-state index contributed by atoms with van der Waals surface area (Å²) in [5.74, 6) is 0.571. The number of halogens is 3. The summed E-state index contributed by atoms with van der Waals surface area (Å²) in [4.78, 5) is 14.6. The van der Waals surface area contributed by atoms with Crippen LogP contribution in [0.4, 0.5) is 13.2 Å². The van der Waals surface area contributed by atoms with Crippen LogP contribution in [0.5, 0.6) is 0 Å². The van der Waals surface area contributed by atoms with Crippen LogP contribution in [0.15, 0.2) is 12.4 Å². The van der Waals surface area contributed by atoms with Crippen molar-refractivity contribution in [3.05, 3.63) is 18.0 Å². The van der Waals surface area contributed by atoms with Gasteiger partial charge in [0.15, 0.2) is 0 Å². The third kappa shape index (κ3) is 4.94. The molecule has 1 aliphatic carbocycles. The molecule has 1 saturated carbocycles. The van der Waals surface area contributed by atoms with Gasteiger partial charge in [0.05, 0.1) is 18.7 Å². The zero-order chi connectivity index (χ0) is 18.7. The first-order chi connectivity index (χ1) is 12.3. The average molecular weight is 390 g/mol. The van der Waals surface area contributed by atoms with Crippen LogP contribution in [0.1, 0.15) is 37.3 Å². The molecular formula is C17H25F3N4OS. The molecule has 0 unspecified atom stereocenters. The number of amides is 1. The van der Waals surface area contributed by atoms with Gasteiger partial charge < -0.3 is 5.32 Å². The lowest BCUT2D eigenvalue weighted by Crippen LogP contribution is -2.47. The Morgan fingerprint density at radius 2 is 2.08 bits per heavy atom. The molecule has 1 N–H and O–H groups in total. The number of nitrogens with zero attached hydrogens (tertiary/aromatic N) is 3. The number of aromatic nitrogens is 2. The number of nitrogens with one attached hydrogen (secondary N) is 1. The van der Waals surface area contributed by atoms with E-state index < -0.39 is 12.1 Å². The SMILES string of the molecule is Cn1cc([C@H]2CSCCN2CC(=O)NC2CCC(C(F)(F)F)CC2)cn1. The van der Waals surface area contributed by atoms with Crippen LogP contribution in [0, 0.1) is 5.92 Å². The average Bonchev–Trinajstić information content (AvgIpc) is 3.01. The van der Waals surface area contributed by atoms with Crippen molar-refractivity contribution < 1.29 is 18.0 Å². The highest BCUT2D eigenvalue weighted by atomic mass is 32.2. The zero-order valence-corrected chi connectivity index (χ0v) is 15.7. The van der Waals surface area contributed by atoms with Crippen LogP contribution < -0.4 is 5.32 Å². The van der Waals surface area contributed by atoms with Crippen LogP contribution in [0.25, 0.3) is 0 Å². The molecule has 1 aromatic rings. The number of carbonyl (C=O) groups is 1. The Balaban J connectivity index is 1.51. The maximum atomic E-state index is 12.7. The normalized spacial score (nSPS) is 28.1. The van der Waals surface area contributed by atoms with E-state index >= 15 is 0 Å². The van der Waals surface area contributed by atoms with E-state index in [-0.39, 0.29) is 37.4 Å². The molecule has 0 bridgehead atoms. The highest BCUT2D eigenvalue weighted by Gasteiger charge is 2.41. The summed E-state index contributed by atoms with van der Waals surface area (Å²) in [6.45, 7) is 1.10. The van der Waals surface area contributed by atoms with Crippen molar-refractivity contribution in [3.8, 4) is 0 Å². The summed E-state index contributed by atoms with van der Waals surface area (Å²) in [5, 5.41) is 7.15. The standard InChI is InChI=1S/C17H25F3N4OS/c1-23-9-12(8-21-23)15-11-26-7-6-24(15)10-16(25)22-14-4-2-13(3-5-14)17(18,19)20/h8-9,13-15H,2-7,10-11H2,1H3,(H,22,25)/t13?,14?,15-/m1/s1. The van der Waals surface area contributed by atoms with Gasteiger partial charge in [0.2, 0.25) is 5.91 Å². The van der Waals surface area contributed by atoms with Gasteiger partial charge in [-0.2, -0.15) is 30.0 Å². The Kier molecular flexibility index (Phi) is 6.17. The molecule has 2 aliphatic rings. The summed E-state index contributed by atoms with van der Waals surface area (Å²) in [6, 6.07) is 0.00581. The van der Waals surface area contributed by atoms with E-state index in [2.05, 4.69) is 15.3 Å². The van der Waals surface area contributed by atoms with Gasteiger partial charge in [-0.3, -0.25) is 14.4 Å². The fourth-order valence-electron chi connectivity index (χ4n) is 3.77. The molecule has 1 atom stereocenters. The topological polar surface area (TPSA) is 50.2 Å².